The van der Waals surface area contributed by atoms with Gasteiger partial charge in [-0.15, -0.1) is 11.3 Å². The summed E-state index contributed by atoms with van der Waals surface area (Å²) in [6.07, 6.45) is 1.32. The molecular weight excluding hydrogens is 282 g/mol. The van der Waals surface area contributed by atoms with Crippen molar-refractivity contribution in [2.75, 3.05) is 52.5 Å². The van der Waals surface area contributed by atoms with Gasteiger partial charge in [0.15, 0.2) is 0 Å². The third kappa shape index (κ3) is 4.27. The van der Waals surface area contributed by atoms with Gasteiger partial charge < -0.3 is 15.0 Å². The smallest absolute Gasteiger partial charge is 0.0594 e. The fraction of sp³-hybridized carbons (Fsp3) is 0.750. The van der Waals surface area contributed by atoms with Gasteiger partial charge in [-0.1, -0.05) is 6.07 Å². The lowest BCUT2D eigenvalue weighted by atomic mass is 10.2. The van der Waals surface area contributed by atoms with E-state index in [1.165, 1.54) is 24.4 Å². The van der Waals surface area contributed by atoms with Crippen molar-refractivity contribution in [1.29, 1.82) is 0 Å². The topological polar surface area (TPSA) is 27.7 Å². The van der Waals surface area contributed by atoms with E-state index in [9.17, 15) is 0 Å². The van der Waals surface area contributed by atoms with E-state index in [4.69, 9.17) is 4.74 Å². The minimum atomic E-state index is 0.475. The zero-order valence-electron chi connectivity index (χ0n) is 13.0. The number of ether oxygens (including phenoxy) is 1. The number of nitrogens with zero attached hydrogens (tertiary/aromatic N) is 2. The van der Waals surface area contributed by atoms with Gasteiger partial charge in [0, 0.05) is 49.7 Å². The summed E-state index contributed by atoms with van der Waals surface area (Å²) in [4.78, 5) is 6.65. The van der Waals surface area contributed by atoms with E-state index in [0.29, 0.717) is 6.04 Å². The average molecular weight is 309 g/mol. The molecule has 118 valence electrons. The van der Waals surface area contributed by atoms with Crippen LogP contribution < -0.4 is 5.32 Å². The molecule has 2 fully saturated rings. The fourth-order valence-corrected chi connectivity index (χ4v) is 4.09. The molecule has 1 aromatic heterocycles. The third-order valence-electron chi connectivity index (χ3n) is 4.66. The molecule has 0 bridgehead atoms. The van der Waals surface area contributed by atoms with Crippen molar-refractivity contribution in [2.45, 2.75) is 25.4 Å². The maximum absolute atomic E-state index is 5.45. The zero-order chi connectivity index (χ0) is 14.5. The number of morpholine rings is 1. The Hall–Kier alpha value is -0.460. The number of nitrogens with one attached hydrogen (secondary N) is 1. The van der Waals surface area contributed by atoms with E-state index in [1.807, 2.05) is 11.3 Å². The largest absolute Gasteiger partial charge is 0.379 e. The fourth-order valence-electron chi connectivity index (χ4n) is 3.33. The maximum atomic E-state index is 5.45. The summed E-state index contributed by atoms with van der Waals surface area (Å²) in [7, 11) is 0. The van der Waals surface area contributed by atoms with Crippen molar-refractivity contribution in [3.05, 3.63) is 22.4 Å². The molecular formula is C16H27N3OS. The summed E-state index contributed by atoms with van der Waals surface area (Å²) < 4.78 is 5.45. The van der Waals surface area contributed by atoms with Gasteiger partial charge >= 0.3 is 0 Å². The lowest BCUT2D eigenvalue weighted by Gasteiger charge is -2.32. The minimum Gasteiger partial charge on any atom is -0.379 e. The van der Waals surface area contributed by atoms with Gasteiger partial charge in [-0.25, -0.2) is 0 Å². The van der Waals surface area contributed by atoms with Crippen molar-refractivity contribution in [1.82, 2.24) is 15.1 Å². The van der Waals surface area contributed by atoms with Gasteiger partial charge in [-0.05, 0) is 31.3 Å². The van der Waals surface area contributed by atoms with Crippen LogP contribution in [0.1, 0.15) is 24.3 Å². The highest BCUT2D eigenvalue weighted by atomic mass is 32.1. The number of rotatable bonds is 6. The molecule has 3 heterocycles. The van der Waals surface area contributed by atoms with Crippen LogP contribution in [0.5, 0.6) is 0 Å². The molecule has 2 unspecified atom stereocenters. The Morgan fingerprint density at radius 1 is 1.38 bits per heavy atom. The van der Waals surface area contributed by atoms with Crippen LogP contribution in [0.15, 0.2) is 17.5 Å². The van der Waals surface area contributed by atoms with Crippen LogP contribution in [0.2, 0.25) is 0 Å². The molecule has 0 amide bonds. The summed E-state index contributed by atoms with van der Waals surface area (Å²) in [6, 6.07) is 5.57. The summed E-state index contributed by atoms with van der Waals surface area (Å²) in [5.41, 5.74) is 0. The second kappa shape index (κ2) is 7.70. The number of hydrogen-bond donors (Lipinski definition) is 1. The highest BCUT2D eigenvalue weighted by Crippen LogP contribution is 2.19. The molecule has 0 radical (unpaired) electrons. The van der Waals surface area contributed by atoms with Gasteiger partial charge in [0.05, 0.1) is 13.2 Å². The first-order valence-electron chi connectivity index (χ1n) is 8.14. The molecule has 1 aromatic rings. The Kier molecular flexibility index (Phi) is 5.66. The van der Waals surface area contributed by atoms with Gasteiger partial charge in [-0.2, -0.15) is 0 Å². The number of thiophene rings is 1. The van der Waals surface area contributed by atoms with Gasteiger partial charge in [-0.3, -0.25) is 4.90 Å². The summed E-state index contributed by atoms with van der Waals surface area (Å²) in [6.45, 7) is 11.0. The first-order valence-corrected chi connectivity index (χ1v) is 9.02. The molecule has 2 saturated heterocycles. The molecule has 2 atom stereocenters. The van der Waals surface area contributed by atoms with Crippen LogP contribution in [0.3, 0.4) is 0 Å². The Labute approximate surface area is 132 Å². The SMILES string of the molecule is CC(NCCN1CCC(N2CCOCC2)C1)c1cccs1. The van der Waals surface area contributed by atoms with Gasteiger partial charge in [0.1, 0.15) is 0 Å². The molecule has 21 heavy (non-hydrogen) atoms. The average Bonchev–Trinajstić information content (AvgIpc) is 3.20. The Morgan fingerprint density at radius 2 is 2.24 bits per heavy atom. The van der Waals surface area contributed by atoms with E-state index in [-0.39, 0.29) is 0 Å². The Bertz CT molecular complexity index is 406. The van der Waals surface area contributed by atoms with Crippen LogP contribution >= 0.6 is 11.3 Å². The monoisotopic (exact) mass is 309 g/mol. The molecule has 1 N–H and O–H groups in total. The minimum absolute atomic E-state index is 0.475. The maximum Gasteiger partial charge on any atom is 0.0594 e. The summed E-state index contributed by atoms with van der Waals surface area (Å²) in [5, 5.41) is 5.80. The van der Waals surface area contributed by atoms with Crippen LogP contribution in [0, 0.1) is 0 Å². The van der Waals surface area contributed by atoms with E-state index >= 15 is 0 Å². The Balaban J connectivity index is 1.35. The molecule has 0 aromatic carbocycles. The van der Waals surface area contributed by atoms with Crippen molar-refractivity contribution in [3.8, 4) is 0 Å². The van der Waals surface area contributed by atoms with Crippen LogP contribution in [0.4, 0.5) is 0 Å². The van der Waals surface area contributed by atoms with Crippen molar-refractivity contribution < 1.29 is 4.74 Å². The summed E-state index contributed by atoms with van der Waals surface area (Å²) >= 11 is 1.84. The van der Waals surface area contributed by atoms with Crippen LogP contribution in [-0.4, -0.2) is 68.3 Å². The Morgan fingerprint density at radius 3 is 3.00 bits per heavy atom. The second-order valence-corrected chi connectivity index (χ2v) is 7.06. The molecule has 3 rings (SSSR count). The molecule has 2 aliphatic heterocycles. The standard InChI is InChI=1S/C16H27N3OS/c1-14(16-3-2-12-21-16)17-5-7-18-6-4-15(13-18)19-8-10-20-11-9-19/h2-3,12,14-15,17H,4-11,13H2,1H3. The first-order chi connectivity index (χ1) is 10.3. The molecule has 2 aliphatic rings. The predicted octanol–water partition coefficient (Wildman–Crippen LogP) is 1.81. The van der Waals surface area contributed by atoms with Crippen molar-refractivity contribution in [3.63, 3.8) is 0 Å². The van der Waals surface area contributed by atoms with E-state index in [1.54, 1.807) is 0 Å². The van der Waals surface area contributed by atoms with Gasteiger partial charge in [0.25, 0.3) is 0 Å². The quantitative estimate of drug-likeness (QED) is 0.867. The predicted molar refractivity (Wildman–Crippen MR) is 88.0 cm³/mol. The normalized spacial score (nSPS) is 26.2. The lowest BCUT2D eigenvalue weighted by molar-refractivity contribution is 0.0185. The third-order valence-corrected chi connectivity index (χ3v) is 5.71. The van der Waals surface area contributed by atoms with Crippen LogP contribution in [-0.2, 0) is 4.74 Å². The summed E-state index contributed by atoms with van der Waals surface area (Å²) in [5.74, 6) is 0. The molecule has 0 aliphatic carbocycles. The molecule has 0 saturated carbocycles. The van der Waals surface area contributed by atoms with E-state index in [0.717, 1.165) is 45.4 Å². The van der Waals surface area contributed by atoms with Gasteiger partial charge in [0.2, 0.25) is 0 Å². The van der Waals surface area contributed by atoms with E-state index in [2.05, 4.69) is 39.6 Å². The molecule has 4 nitrogen and oxygen atoms in total. The first kappa shape index (κ1) is 15.4. The van der Waals surface area contributed by atoms with Crippen molar-refractivity contribution in [2.24, 2.45) is 0 Å². The molecule has 5 heteroatoms. The highest BCUT2D eigenvalue weighted by molar-refractivity contribution is 7.10. The van der Waals surface area contributed by atoms with E-state index < -0.39 is 0 Å². The van der Waals surface area contributed by atoms with Crippen molar-refractivity contribution >= 4 is 11.3 Å². The van der Waals surface area contributed by atoms with Crippen LogP contribution in [0.25, 0.3) is 0 Å². The zero-order valence-corrected chi connectivity index (χ0v) is 13.8. The second-order valence-electron chi connectivity index (χ2n) is 6.08. The lowest BCUT2D eigenvalue weighted by Crippen LogP contribution is -2.45. The number of hydrogen-bond acceptors (Lipinski definition) is 5. The molecule has 0 spiro atoms. The highest BCUT2D eigenvalue weighted by Gasteiger charge is 2.28. The number of likely N-dealkylation sites (tertiary alicyclic amines) is 1.